The smallest absolute Gasteiger partial charge is 0.338 e. The summed E-state index contributed by atoms with van der Waals surface area (Å²) in [5, 5.41) is 3.18. The molecule has 1 saturated heterocycles. The van der Waals surface area contributed by atoms with E-state index < -0.39 is 0 Å². The molecule has 0 aromatic heterocycles. The lowest BCUT2D eigenvalue weighted by Crippen LogP contribution is -2.54. The fourth-order valence-electron chi connectivity index (χ4n) is 3.34. The minimum absolute atomic E-state index is 0.0357. The summed E-state index contributed by atoms with van der Waals surface area (Å²) < 4.78 is 6.39. The first-order chi connectivity index (χ1) is 15.1. The monoisotopic (exact) mass is 478 g/mol. The van der Waals surface area contributed by atoms with Gasteiger partial charge in [0, 0.05) is 10.2 Å². The summed E-state index contributed by atoms with van der Waals surface area (Å²) in [4.78, 5) is 27.2. The van der Waals surface area contributed by atoms with Gasteiger partial charge in [-0.1, -0.05) is 58.4 Å². The molecule has 4 rings (SSSR count). The van der Waals surface area contributed by atoms with Gasteiger partial charge in [-0.15, -0.1) is 0 Å². The van der Waals surface area contributed by atoms with E-state index in [1.54, 1.807) is 29.2 Å². The number of hydrogen-bond donors (Lipinski definition) is 1. The number of rotatable bonds is 7. The number of carbonyl (C=O) groups is 2. The summed E-state index contributed by atoms with van der Waals surface area (Å²) in [5.41, 5.74) is 3.17. The van der Waals surface area contributed by atoms with Crippen molar-refractivity contribution in [2.75, 3.05) is 11.4 Å². The van der Waals surface area contributed by atoms with Crippen molar-refractivity contribution in [3.05, 3.63) is 100 Å². The molecule has 1 amide bonds. The van der Waals surface area contributed by atoms with Crippen LogP contribution in [0.1, 0.15) is 27.9 Å². The second-order valence-corrected chi connectivity index (χ2v) is 8.37. The number of benzene rings is 3. The molecule has 3 aromatic carbocycles. The molecule has 0 saturated carbocycles. The number of amides is 1. The average molecular weight is 479 g/mol. The predicted molar refractivity (Wildman–Crippen MR) is 124 cm³/mol. The molecular weight excluding hydrogens is 456 g/mol. The van der Waals surface area contributed by atoms with Crippen LogP contribution in [0, 0.1) is 0 Å². The van der Waals surface area contributed by atoms with Crippen molar-refractivity contribution in [3.8, 4) is 0 Å². The topological polar surface area (TPSA) is 58.6 Å². The molecule has 31 heavy (non-hydrogen) atoms. The molecular formula is C25H23BrN2O3. The molecule has 6 heteroatoms. The second-order valence-electron chi connectivity index (χ2n) is 7.45. The fourth-order valence-corrected chi connectivity index (χ4v) is 3.60. The van der Waals surface area contributed by atoms with Crippen LogP contribution in [0.4, 0.5) is 5.69 Å². The third kappa shape index (κ3) is 5.40. The van der Waals surface area contributed by atoms with Crippen LogP contribution in [-0.4, -0.2) is 24.5 Å². The van der Waals surface area contributed by atoms with Gasteiger partial charge in [0.25, 0.3) is 0 Å². The molecule has 0 radical (unpaired) electrons. The van der Waals surface area contributed by atoms with E-state index in [2.05, 4.69) is 21.2 Å². The van der Waals surface area contributed by atoms with E-state index in [0.717, 1.165) is 34.3 Å². The standard InChI is InChI=1S/C25H23BrN2O3/c26-21-10-6-18(7-11-21)16-28(24(29)23-14-15-27-23)22-12-8-20(9-13-22)25(30)31-17-19-4-2-1-3-5-19/h1-13,23,27H,14-17H2/t23-/m1/s1. The Morgan fingerprint density at radius 2 is 1.61 bits per heavy atom. The number of ether oxygens (including phenoxy) is 1. The maximum Gasteiger partial charge on any atom is 0.338 e. The van der Waals surface area contributed by atoms with Crippen molar-refractivity contribution >= 4 is 33.5 Å². The highest BCUT2D eigenvalue weighted by atomic mass is 79.9. The lowest BCUT2D eigenvalue weighted by molar-refractivity contribution is -0.122. The van der Waals surface area contributed by atoms with E-state index in [9.17, 15) is 9.59 Å². The molecule has 1 aliphatic heterocycles. The minimum Gasteiger partial charge on any atom is -0.457 e. The Kier molecular flexibility index (Phi) is 6.79. The highest BCUT2D eigenvalue weighted by Crippen LogP contribution is 2.22. The summed E-state index contributed by atoms with van der Waals surface area (Å²) in [6.45, 7) is 1.54. The quantitative estimate of drug-likeness (QED) is 0.500. The Balaban J connectivity index is 1.47. The van der Waals surface area contributed by atoms with Gasteiger partial charge in [-0.3, -0.25) is 4.79 Å². The Morgan fingerprint density at radius 3 is 2.23 bits per heavy atom. The molecule has 1 aliphatic rings. The average Bonchev–Trinajstić information content (AvgIpc) is 2.76. The van der Waals surface area contributed by atoms with Crippen LogP contribution in [0.2, 0.25) is 0 Å². The first kappa shape index (κ1) is 21.3. The van der Waals surface area contributed by atoms with Gasteiger partial charge in [0.2, 0.25) is 5.91 Å². The summed E-state index contributed by atoms with van der Waals surface area (Å²) in [7, 11) is 0. The molecule has 1 N–H and O–H groups in total. The van der Waals surface area contributed by atoms with Gasteiger partial charge >= 0.3 is 5.97 Å². The van der Waals surface area contributed by atoms with E-state index in [4.69, 9.17) is 4.74 Å². The first-order valence-electron chi connectivity index (χ1n) is 10.2. The summed E-state index contributed by atoms with van der Waals surface area (Å²) in [5.74, 6) is -0.351. The molecule has 0 spiro atoms. The zero-order chi connectivity index (χ0) is 21.6. The van der Waals surface area contributed by atoms with Crippen molar-refractivity contribution in [1.29, 1.82) is 0 Å². The van der Waals surface area contributed by atoms with Gasteiger partial charge < -0.3 is 15.0 Å². The Labute approximate surface area is 190 Å². The number of esters is 1. The van der Waals surface area contributed by atoms with E-state index in [1.165, 1.54) is 0 Å². The number of nitrogens with one attached hydrogen (secondary N) is 1. The van der Waals surface area contributed by atoms with Crippen LogP contribution in [0.25, 0.3) is 0 Å². The molecule has 158 valence electrons. The SMILES string of the molecule is O=C(OCc1ccccc1)c1ccc(N(Cc2ccc(Br)cc2)C(=O)[C@H]2CCN2)cc1. The Hall–Kier alpha value is -2.96. The summed E-state index contributed by atoms with van der Waals surface area (Å²) in [6, 6.07) is 24.3. The Morgan fingerprint density at radius 1 is 0.935 bits per heavy atom. The third-order valence-electron chi connectivity index (χ3n) is 5.27. The number of hydrogen-bond acceptors (Lipinski definition) is 4. The lowest BCUT2D eigenvalue weighted by Gasteiger charge is -2.33. The van der Waals surface area contributed by atoms with Gasteiger partial charge in [-0.2, -0.15) is 0 Å². The van der Waals surface area contributed by atoms with Crippen molar-refractivity contribution in [2.45, 2.75) is 25.6 Å². The van der Waals surface area contributed by atoms with Crippen molar-refractivity contribution in [1.82, 2.24) is 5.32 Å². The highest BCUT2D eigenvalue weighted by molar-refractivity contribution is 9.10. The van der Waals surface area contributed by atoms with Crippen molar-refractivity contribution < 1.29 is 14.3 Å². The molecule has 1 atom stereocenters. The molecule has 0 unspecified atom stereocenters. The van der Waals surface area contributed by atoms with Gasteiger partial charge in [0.05, 0.1) is 18.2 Å². The van der Waals surface area contributed by atoms with Crippen molar-refractivity contribution in [3.63, 3.8) is 0 Å². The van der Waals surface area contributed by atoms with Crippen LogP contribution in [-0.2, 0) is 22.7 Å². The van der Waals surface area contributed by atoms with Crippen molar-refractivity contribution in [2.24, 2.45) is 0 Å². The largest absolute Gasteiger partial charge is 0.457 e. The van der Waals surface area contributed by atoms with E-state index >= 15 is 0 Å². The molecule has 0 bridgehead atoms. The second kappa shape index (κ2) is 9.90. The first-order valence-corrected chi connectivity index (χ1v) is 11.0. The lowest BCUT2D eigenvalue weighted by atomic mass is 10.0. The normalized spacial score (nSPS) is 15.1. The van der Waals surface area contributed by atoms with E-state index in [0.29, 0.717) is 12.1 Å². The highest BCUT2D eigenvalue weighted by Gasteiger charge is 2.30. The van der Waals surface area contributed by atoms with Gasteiger partial charge in [-0.05, 0) is 60.5 Å². The van der Waals surface area contributed by atoms with Crippen LogP contribution in [0.5, 0.6) is 0 Å². The molecule has 3 aromatic rings. The number of halogens is 1. The molecule has 1 heterocycles. The molecule has 1 fully saturated rings. The maximum absolute atomic E-state index is 13.0. The van der Waals surface area contributed by atoms with Crippen LogP contribution in [0.3, 0.4) is 0 Å². The zero-order valence-corrected chi connectivity index (χ0v) is 18.5. The van der Waals surface area contributed by atoms with Gasteiger partial charge in [0.1, 0.15) is 6.61 Å². The predicted octanol–water partition coefficient (Wildman–Crippen LogP) is 4.70. The number of carbonyl (C=O) groups excluding carboxylic acids is 2. The van der Waals surface area contributed by atoms with Gasteiger partial charge in [0.15, 0.2) is 0 Å². The summed E-state index contributed by atoms with van der Waals surface area (Å²) in [6.07, 6.45) is 0.833. The van der Waals surface area contributed by atoms with Crippen LogP contribution < -0.4 is 10.2 Å². The molecule has 0 aliphatic carbocycles. The van der Waals surface area contributed by atoms with Gasteiger partial charge in [-0.25, -0.2) is 4.79 Å². The van der Waals surface area contributed by atoms with E-state index in [-0.39, 0.29) is 24.5 Å². The molecule has 5 nitrogen and oxygen atoms in total. The third-order valence-corrected chi connectivity index (χ3v) is 5.80. The summed E-state index contributed by atoms with van der Waals surface area (Å²) >= 11 is 3.44. The number of nitrogens with zero attached hydrogens (tertiary/aromatic N) is 1. The fraction of sp³-hybridized carbons (Fsp3) is 0.200. The van der Waals surface area contributed by atoms with E-state index in [1.807, 2.05) is 54.6 Å². The Bertz CT molecular complexity index is 1030. The minimum atomic E-state index is -0.387. The van der Waals surface area contributed by atoms with Crippen LogP contribution >= 0.6 is 15.9 Å². The maximum atomic E-state index is 13.0. The van der Waals surface area contributed by atoms with Crippen LogP contribution in [0.15, 0.2) is 83.3 Å². The zero-order valence-electron chi connectivity index (χ0n) is 17.0. The number of anilines is 1.